The lowest BCUT2D eigenvalue weighted by Gasteiger charge is -2.37. The molecular formula is C33H44F2N2O4. The van der Waals surface area contributed by atoms with Crippen molar-refractivity contribution < 1.29 is 27.9 Å². The number of carbonyl (C=O) groups excluding carboxylic acids is 3. The second-order valence-corrected chi connectivity index (χ2v) is 12.6. The Hall–Kier alpha value is -2.77. The summed E-state index contributed by atoms with van der Waals surface area (Å²) in [6.07, 6.45) is 9.92. The number of Topliss-reactive ketones (excluding diaryl/α,β-unsaturated/α-hetero) is 1. The third-order valence-electron chi connectivity index (χ3n) is 10.1. The van der Waals surface area contributed by atoms with Crippen LogP contribution >= 0.6 is 0 Å². The molecule has 0 radical (unpaired) electrons. The van der Waals surface area contributed by atoms with Crippen molar-refractivity contribution in [2.45, 2.75) is 90.5 Å². The molecule has 1 N–H and O–H groups in total. The first-order chi connectivity index (χ1) is 19.8. The van der Waals surface area contributed by atoms with Gasteiger partial charge < -0.3 is 14.6 Å². The third-order valence-corrected chi connectivity index (χ3v) is 10.1. The number of alkyl halides is 1. The molecule has 1 aliphatic heterocycles. The number of amides is 1. The van der Waals surface area contributed by atoms with Crippen LogP contribution in [-0.4, -0.2) is 53.4 Å². The van der Waals surface area contributed by atoms with Crippen molar-refractivity contribution in [1.29, 1.82) is 0 Å². The molecule has 0 bridgehead atoms. The highest BCUT2D eigenvalue weighted by Gasteiger charge is 2.46. The zero-order valence-corrected chi connectivity index (χ0v) is 24.4. The smallest absolute Gasteiger partial charge is 0.357 e. The zero-order chi connectivity index (χ0) is 29.1. The van der Waals surface area contributed by atoms with Crippen LogP contribution in [-0.2, 0) is 20.7 Å². The fourth-order valence-electron chi connectivity index (χ4n) is 7.79. The van der Waals surface area contributed by atoms with Crippen LogP contribution in [0.4, 0.5) is 8.78 Å². The summed E-state index contributed by atoms with van der Waals surface area (Å²) in [6, 6.07) is 4.65. The summed E-state index contributed by atoms with van der Waals surface area (Å²) in [5.41, 5.74) is 0.918. The molecule has 8 heteroatoms. The zero-order valence-electron chi connectivity index (χ0n) is 24.4. The highest BCUT2D eigenvalue weighted by atomic mass is 19.1. The Morgan fingerprint density at radius 2 is 1.78 bits per heavy atom. The molecule has 224 valence electrons. The van der Waals surface area contributed by atoms with Crippen molar-refractivity contribution in [2.24, 2.45) is 29.6 Å². The molecular weight excluding hydrogens is 526 g/mol. The highest BCUT2D eigenvalue weighted by molar-refractivity contribution is 5.96. The Bertz CT molecular complexity index is 1250. The number of halogens is 2. The second kappa shape index (κ2) is 13.0. The van der Waals surface area contributed by atoms with Crippen molar-refractivity contribution in [3.8, 4) is 0 Å². The molecule has 3 atom stereocenters. The average Bonchev–Trinajstić information content (AvgIpc) is 3.59. The highest BCUT2D eigenvalue weighted by Crippen LogP contribution is 2.42. The van der Waals surface area contributed by atoms with Gasteiger partial charge in [-0.1, -0.05) is 45.1 Å². The summed E-state index contributed by atoms with van der Waals surface area (Å²) in [5.74, 6) is -0.505. The Balaban J connectivity index is 1.35. The lowest BCUT2D eigenvalue weighted by Crippen LogP contribution is -2.48. The maximum absolute atomic E-state index is 15.1. The van der Waals surface area contributed by atoms with Gasteiger partial charge in [0, 0.05) is 29.8 Å². The molecule has 2 saturated carbocycles. The van der Waals surface area contributed by atoms with Gasteiger partial charge in [-0.25, -0.2) is 9.18 Å². The minimum absolute atomic E-state index is 0.00655. The van der Waals surface area contributed by atoms with Gasteiger partial charge in [-0.15, -0.1) is 0 Å². The van der Waals surface area contributed by atoms with E-state index in [9.17, 15) is 18.8 Å². The number of rotatable bonds is 9. The summed E-state index contributed by atoms with van der Waals surface area (Å²) in [5, 5.41) is 0.251. The van der Waals surface area contributed by atoms with Gasteiger partial charge in [-0.05, 0) is 80.4 Å². The standard InChI is InChI=1S/C33H44F2N2O4/c1-3-41-33(40)30-29(35)26-17-21(9-14-27(26)36-30)18-28(38)31-25(23-7-5-4-6-8-23)15-16-37(31)32(39)24-12-10-22(11-13-24)20(2)19-34/h9,14,17,20,22-25,31,36H,3-8,10-13,15-16,18-19H2,1-2H3/t20?,22?,24?,25-,31-/m0/s1. The fourth-order valence-corrected chi connectivity index (χ4v) is 7.79. The van der Waals surface area contributed by atoms with E-state index in [0.29, 0.717) is 29.5 Å². The number of likely N-dealkylation sites (tertiary alicyclic amines) is 1. The van der Waals surface area contributed by atoms with Crippen LogP contribution in [0.1, 0.15) is 94.1 Å². The predicted octanol–water partition coefficient (Wildman–Crippen LogP) is 6.80. The van der Waals surface area contributed by atoms with Gasteiger partial charge in [0.05, 0.1) is 19.3 Å². The quantitative estimate of drug-likeness (QED) is 0.336. The van der Waals surface area contributed by atoms with E-state index in [-0.39, 0.29) is 60.2 Å². The van der Waals surface area contributed by atoms with Crippen molar-refractivity contribution in [1.82, 2.24) is 9.88 Å². The van der Waals surface area contributed by atoms with E-state index in [1.165, 1.54) is 19.3 Å². The van der Waals surface area contributed by atoms with Crippen LogP contribution in [0.5, 0.6) is 0 Å². The van der Waals surface area contributed by atoms with Crippen LogP contribution in [0.15, 0.2) is 18.2 Å². The molecule has 1 aromatic carbocycles. The largest absolute Gasteiger partial charge is 0.461 e. The number of ketones is 1. The number of carbonyl (C=O) groups is 3. The number of aromatic amines is 1. The van der Waals surface area contributed by atoms with Gasteiger partial charge in [-0.3, -0.25) is 14.0 Å². The topological polar surface area (TPSA) is 79.5 Å². The van der Waals surface area contributed by atoms with Gasteiger partial charge in [-0.2, -0.15) is 0 Å². The molecule has 2 heterocycles. The molecule has 0 spiro atoms. The lowest BCUT2D eigenvalue weighted by atomic mass is 9.74. The normalized spacial score (nSPS) is 26.3. The number of nitrogens with zero attached hydrogens (tertiary/aromatic N) is 1. The van der Waals surface area contributed by atoms with E-state index in [2.05, 4.69) is 4.98 Å². The van der Waals surface area contributed by atoms with Crippen LogP contribution < -0.4 is 0 Å². The van der Waals surface area contributed by atoms with Crippen LogP contribution in [0.25, 0.3) is 10.9 Å². The fraction of sp³-hybridized carbons (Fsp3) is 0.667. The van der Waals surface area contributed by atoms with E-state index in [4.69, 9.17) is 4.74 Å². The number of nitrogens with one attached hydrogen (secondary N) is 1. The van der Waals surface area contributed by atoms with E-state index >= 15 is 4.39 Å². The Morgan fingerprint density at radius 3 is 2.46 bits per heavy atom. The van der Waals surface area contributed by atoms with Gasteiger partial charge in [0.25, 0.3) is 0 Å². The molecule has 3 aliphatic rings. The van der Waals surface area contributed by atoms with Gasteiger partial charge in [0.1, 0.15) is 0 Å². The maximum Gasteiger partial charge on any atom is 0.357 e. The molecule has 2 aliphatic carbocycles. The summed E-state index contributed by atoms with van der Waals surface area (Å²) < 4.78 is 33.3. The first-order valence-electron chi connectivity index (χ1n) is 15.7. The third kappa shape index (κ3) is 6.21. The molecule has 6 nitrogen and oxygen atoms in total. The molecule has 5 rings (SSSR count). The molecule has 3 fully saturated rings. The summed E-state index contributed by atoms with van der Waals surface area (Å²) in [4.78, 5) is 44.8. The van der Waals surface area contributed by atoms with Crippen LogP contribution in [0, 0.1) is 35.4 Å². The first-order valence-corrected chi connectivity index (χ1v) is 15.7. The number of fused-ring (bicyclic) bond motifs is 1. The monoisotopic (exact) mass is 570 g/mol. The van der Waals surface area contributed by atoms with Gasteiger partial charge >= 0.3 is 5.97 Å². The predicted molar refractivity (Wildman–Crippen MR) is 154 cm³/mol. The number of hydrogen-bond acceptors (Lipinski definition) is 4. The summed E-state index contributed by atoms with van der Waals surface area (Å²) in [7, 11) is 0. The minimum atomic E-state index is -0.748. The van der Waals surface area contributed by atoms with E-state index in [1.54, 1.807) is 25.1 Å². The number of H-pyrrole nitrogens is 1. The van der Waals surface area contributed by atoms with Crippen molar-refractivity contribution in [3.05, 3.63) is 35.3 Å². The molecule has 41 heavy (non-hydrogen) atoms. The number of benzene rings is 1. The van der Waals surface area contributed by atoms with Gasteiger partial charge in [0.15, 0.2) is 17.3 Å². The van der Waals surface area contributed by atoms with E-state index < -0.39 is 17.8 Å². The van der Waals surface area contributed by atoms with Crippen molar-refractivity contribution in [2.75, 3.05) is 19.8 Å². The number of ether oxygens (including phenoxy) is 1. The van der Waals surface area contributed by atoms with Crippen molar-refractivity contribution >= 4 is 28.6 Å². The number of aromatic nitrogens is 1. The van der Waals surface area contributed by atoms with Crippen LogP contribution in [0.3, 0.4) is 0 Å². The Labute approximate surface area is 241 Å². The van der Waals surface area contributed by atoms with E-state index in [0.717, 1.165) is 44.9 Å². The van der Waals surface area contributed by atoms with Crippen LogP contribution in [0.2, 0.25) is 0 Å². The molecule has 1 saturated heterocycles. The number of hydrogen-bond donors (Lipinski definition) is 1. The lowest BCUT2D eigenvalue weighted by molar-refractivity contribution is -0.143. The van der Waals surface area contributed by atoms with E-state index in [1.807, 2.05) is 11.8 Å². The molecule has 1 amide bonds. The Kier molecular flexibility index (Phi) is 9.45. The minimum Gasteiger partial charge on any atom is -0.461 e. The average molecular weight is 571 g/mol. The van der Waals surface area contributed by atoms with Crippen molar-refractivity contribution in [3.63, 3.8) is 0 Å². The molecule has 1 unspecified atom stereocenters. The summed E-state index contributed by atoms with van der Waals surface area (Å²) in [6.45, 7) is 4.04. The Morgan fingerprint density at radius 1 is 1.05 bits per heavy atom. The van der Waals surface area contributed by atoms with Gasteiger partial charge in [0.2, 0.25) is 5.91 Å². The SMILES string of the molecule is CCOC(=O)c1[nH]c2ccc(CC(=O)[C@@H]3[C@H](C4CCCCC4)CCN3C(=O)C3CCC(C(C)CF)CC3)cc2c1F. The first kappa shape index (κ1) is 29.7. The summed E-state index contributed by atoms with van der Waals surface area (Å²) >= 11 is 0. The number of esters is 1. The molecule has 1 aromatic heterocycles. The maximum atomic E-state index is 15.1. The molecule has 2 aromatic rings. The second-order valence-electron chi connectivity index (χ2n) is 12.6.